The van der Waals surface area contributed by atoms with Crippen LogP contribution in [0.2, 0.25) is 0 Å². The first-order valence-electron chi connectivity index (χ1n) is 19.2. The number of nitrogens with one attached hydrogen (secondary N) is 1. The summed E-state index contributed by atoms with van der Waals surface area (Å²) in [5.41, 5.74) is -2.22. The normalized spacial score (nSPS) is 39.8. The molecular formula is C39H58N4O12. The van der Waals surface area contributed by atoms with E-state index >= 15 is 0 Å². The lowest BCUT2D eigenvalue weighted by atomic mass is 9.75. The molecule has 0 aromatic carbocycles. The van der Waals surface area contributed by atoms with Gasteiger partial charge in [0.05, 0.1) is 61.3 Å². The summed E-state index contributed by atoms with van der Waals surface area (Å²) in [7, 11) is 3.81. The van der Waals surface area contributed by atoms with E-state index in [-0.39, 0.29) is 44.0 Å². The molecule has 0 spiro atoms. The molecule has 1 aromatic heterocycles. The van der Waals surface area contributed by atoms with E-state index in [1.165, 1.54) is 13.1 Å². The molecule has 4 fully saturated rings. The van der Waals surface area contributed by atoms with Crippen LogP contribution in [0.15, 0.2) is 29.7 Å². The number of hydrogen-bond acceptors (Lipinski definition) is 15. The molecule has 3 unspecified atom stereocenters. The Hall–Kier alpha value is -3.70. The molecule has 5 heterocycles. The number of rotatable bonds is 7. The van der Waals surface area contributed by atoms with E-state index in [2.05, 4.69) is 15.5 Å². The molecule has 1 aromatic rings. The van der Waals surface area contributed by atoms with Crippen molar-refractivity contribution >= 4 is 29.5 Å². The second kappa shape index (κ2) is 17.6. The van der Waals surface area contributed by atoms with Crippen LogP contribution in [0, 0.1) is 17.8 Å². The van der Waals surface area contributed by atoms with Gasteiger partial charge in [0.1, 0.15) is 17.6 Å². The third-order valence-corrected chi connectivity index (χ3v) is 11.5. The summed E-state index contributed by atoms with van der Waals surface area (Å²) in [6.45, 7) is 13.7. The van der Waals surface area contributed by atoms with Gasteiger partial charge in [-0.05, 0) is 73.2 Å². The predicted octanol–water partition coefficient (Wildman–Crippen LogP) is 3.83. The first kappa shape index (κ1) is 42.4. The Labute approximate surface area is 323 Å². The van der Waals surface area contributed by atoms with Crippen LogP contribution >= 0.6 is 0 Å². The average molecular weight is 775 g/mol. The molecule has 4 saturated heterocycles. The zero-order valence-electron chi connectivity index (χ0n) is 33.6. The number of hydrogen-bond donors (Lipinski definition) is 1. The number of nitrogens with zero attached hydrogens (tertiary/aromatic N) is 3. The van der Waals surface area contributed by atoms with E-state index in [4.69, 9.17) is 38.0 Å². The van der Waals surface area contributed by atoms with Gasteiger partial charge in [-0.2, -0.15) is 0 Å². The monoisotopic (exact) mass is 774 g/mol. The van der Waals surface area contributed by atoms with Crippen LogP contribution < -0.4 is 10.2 Å². The molecule has 1 N–H and O–H groups in total. The summed E-state index contributed by atoms with van der Waals surface area (Å²) in [6.07, 6.45) is -1.18. The highest BCUT2D eigenvalue weighted by Gasteiger charge is 2.57. The molecule has 4 aliphatic rings. The summed E-state index contributed by atoms with van der Waals surface area (Å²) in [4.78, 5) is 65.6. The van der Waals surface area contributed by atoms with Crippen LogP contribution in [0.4, 0.5) is 4.79 Å². The van der Waals surface area contributed by atoms with Gasteiger partial charge in [0.2, 0.25) is 0 Å². The van der Waals surface area contributed by atoms with Gasteiger partial charge in [-0.25, -0.2) is 4.79 Å². The summed E-state index contributed by atoms with van der Waals surface area (Å²) in [6, 6.07) is 2.39. The summed E-state index contributed by atoms with van der Waals surface area (Å²) >= 11 is 0. The molecule has 2 bridgehead atoms. The zero-order valence-corrected chi connectivity index (χ0v) is 33.6. The molecule has 4 aliphatic heterocycles. The van der Waals surface area contributed by atoms with Crippen LogP contribution in [0.5, 0.6) is 5.75 Å². The summed E-state index contributed by atoms with van der Waals surface area (Å²) in [5.74, 6) is -3.10. The number of pyridine rings is 1. The molecule has 16 heteroatoms. The van der Waals surface area contributed by atoms with Gasteiger partial charge in [0.25, 0.3) is 0 Å². The third-order valence-electron chi connectivity index (χ3n) is 11.5. The van der Waals surface area contributed by atoms with Crippen LogP contribution in [0.1, 0.15) is 81.1 Å². The Morgan fingerprint density at radius 3 is 2.49 bits per heavy atom. The van der Waals surface area contributed by atoms with E-state index in [0.717, 1.165) is 0 Å². The van der Waals surface area contributed by atoms with Gasteiger partial charge >= 0.3 is 18.0 Å². The number of carbonyl (C=O) groups excluding carboxylic acids is 4. The van der Waals surface area contributed by atoms with Gasteiger partial charge in [-0.15, -0.1) is 0 Å². The number of fused-ring (bicyclic) bond motifs is 4. The second-order valence-corrected chi connectivity index (χ2v) is 16.0. The maximum atomic E-state index is 14.4. The van der Waals surface area contributed by atoms with Crippen LogP contribution in [-0.2, 0) is 47.5 Å². The Morgan fingerprint density at radius 1 is 1.09 bits per heavy atom. The smallest absolute Gasteiger partial charge is 0.408 e. The van der Waals surface area contributed by atoms with Crippen molar-refractivity contribution in [3.63, 3.8) is 0 Å². The van der Waals surface area contributed by atoms with Gasteiger partial charge in [-0.3, -0.25) is 19.4 Å². The fourth-order valence-corrected chi connectivity index (χ4v) is 8.32. The molecule has 306 valence electrons. The van der Waals surface area contributed by atoms with E-state index in [9.17, 15) is 19.2 Å². The lowest BCUT2D eigenvalue weighted by molar-refractivity contribution is -0.296. The highest BCUT2D eigenvalue weighted by Crippen LogP contribution is 2.40. The average Bonchev–Trinajstić information content (AvgIpc) is 3.47. The fourth-order valence-electron chi connectivity index (χ4n) is 8.32. The second-order valence-electron chi connectivity index (χ2n) is 16.0. The minimum atomic E-state index is -1.33. The van der Waals surface area contributed by atoms with Gasteiger partial charge in [0, 0.05) is 31.4 Å². The standard InChI is InChI=1S/C39H58N4O12/c1-11-30-39(8)34(41-37(47)54-39)24(5)32(45)21(2)17-38(7)31(53-36-33(51-25(6)44)28(43(9)10)15-22(3)50-36)16-29(23(4)35(46)52-30)48-19-26(20-49-38)42-55-27-13-12-14-40-18-27/h12-14,18,21-24,28-31,33-34,36H,11,15-17,19-20H2,1-10H3,(H,41,47)/b42-26+/t21-,22-,23-,24+,28+,29-,30-,31-,33-,34?,36?,38+,39?/m1/s1. The van der Waals surface area contributed by atoms with Crippen molar-refractivity contribution in [2.45, 2.75) is 141 Å². The van der Waals surface area contributed by atoms with E-state index in [0.29, 0.717) is 24.3 Å². The highest BCUT2D eigenvalue weighted by molar-refractivity contribution is 5.87. The van der Waals surface area contributed by atoms with Crippen molar-refractivity contribution in [1.82, 2.24) is 15.2 Å². The minimum absolute atomic E-state index is 0.0782. The zero-order chi connectivity index (χ0) is 40.2. The van der Waals surface area contributed by atoms with Crippen molar-refractivity contribution in [1.29, 1.82) is 0 Å². The fraction of sp³-hybridized carbons (Fsp3) is 0.744. The SMILES string of the molecule is CC[C@H]1OC(=O)[C@H](C)[C@H]2C[C@@H](OC3O[C@H](C)C[C@H](N(C)C)[C@H]3OC(C)=O)[C@](C)(C[C@@H](C)C(=O)[C@H](C)C3NC(=O)OC31C)OC/C(=N/Oc1cccnc1)CO2. The molecular weight excluding hydrogens is 716 g/mol. The molecule has 5 rings (SSSR count). The predicted molar refractivity (Wildman–Crippen MR) is 197 cm³/mol. The van der Waals surface area contributed by atoms with Crippen molar-refractivity contribution < 1.29 is 57.2 Å². The molecule has 0 aliphatic carbocycles. The summed E-state index contributed by atoms with van der Waals surface area (Å²) < 4.78 is 44.5. The van der Waals surface area contributed by atoms with Gasteiger partial charge < -0.3 is 48.2 Å². The van der Waals surface area contributed by atoms with Crippen molar-refractivity contribution in [2.75, 3.05) is 27.3 Å². The number of cyclic esters (lactones) is 1. The Morgan fingerprint density at radius 2 is 1.84 bits per heavy atom. The van der Waals surface area contributed by atoms with Crippen LogP contribution in [0.25, 0.3) is 0 Å². The topological polar surface area (TPSA) is 183 Å². The number of amides is 1. The van der Waals surface area contributed by atoms with Crippen LogP contribution in [0.3, 0.4) is 0 Å². The molecule has 13 atom stereocenters. The van der Waals surface area contributed by atoms with E-state index in [1.807, 2.05) is 46.7 Å². The first-order valence-corrected chi connectivity index (χ1v) is 19.2. The molecule has 16 nitrogen and oxygen atoms in total. The number of likely N-dealkylation sites (N-methyl/N-ethyl adjacent to an activating group) is 1. The number of ether oxygens (including phenoxy) is 7. The number of ketones is 1. The van der Waals surface area contributed by atoms with E-state index in [1.54, 1.807) is 39.1 Å². The van der Waals surface area contributed by atoms with Crippen molar-refractivity contribution in [3.05, 3.63) is 24.5 Å². The maximum Gasteiger partial charge on any atom is 0.408 e. The number of alkyl carbamates (subject to hydrolysis) is 1. The molecule has 0 saturated carbocycles. The molecule has 55 heavy (non-hydrogen) atoms. The summed E-state index contributed by atoms with van der Waals surface area (Å²) in [5, 5.41) is 7.18. The maximum absolute atomic E-state index is 14.4. The number of Topliss-reactive ketones (excluding diaryl/α,β-unsaturated/α-hetero) is 1. The Bertz CT molecular complexity index is 1560. The quantitative estimate of drug-likeness (QED) is 0.240. The molecule has 0 radical (unpaired) electrons. The van der Waals surface area contributed by atoms with E-state index < -0.39 is 83.7 Å². The number of esters is 2. The van der Waals surface area contributed by atoms with Crippen molar-refractivity contribution in [2.24, 2.45) is 22.9 Å². The van der Waals surface area contributed by atoms with Gasteiger partial charge in [0.15, 0.2) is 23.7 Å². The number of oxime groups is 1. The van der Waals surface area contributed by atoms with Gasteiger partial charge in [-0.1, -0.05) is 25.9 Å². The highest BCUT2D eigenvalue weighted by atomic mass is 16.7. The molecule has 1 amide bonds. The van der Waals surface area contributed by atoms with Crippen molar-refractivity contribution in [3.8, 4) is 5.75 Å². The Kier molecular flexibility index (Phi) is 13.6. The minimum Gasteiger partial charge on any atom is -0.458 e. The number of aromatic nitrogens is 1. The van der Waals surface area contributed by atoms with Crippen LogP contribution in [-0.4, -0.2) is 127 Å². The largest absolute Gasteiger partial charge is 0.458 e. The lowest BCUT2D eigenvalue weighted by Gasteiger charge is -2.47. The lowest BCUT2D eigenvalue weighted by Crippen LogP contribution is -2.59. The third kappa shape index (κ3) is 9.65. The Balaban J connectivity index is 1.61. The number of carbonyl (C=O) groups is 4. The first-order chi connectivity index (χ1) is 25.9.